The van der Waals surface area contributed by atoms with Gasteiger partial charge in [-0.15, -0.1) is 0 Å². The molecule has 0 spiro atoms. The first-order valence-electron chi connectivity index (χ1n) is 12.5. The lowest BCUT2D eigenvalue weighted by atomic mass is 10.1. The van der Waals surface area contributed by atoms with E-state index in [2.05, 4.69) is 49.4 Å². The number of benzene rings is 1. The first-order chi connectivity index (χ1) is 17.3. The summed E-state index contributed by atoms with van der Waals surface area (Å²) in [6.07, 6.45) is 6.13. The second-order valence-electron chi connectivity index (χ2n) is 9.69. The number of amides is 1. The summed E-state index contributed by atoms with van der Waals surface area (Å²) in [7, 11) is -3.63. The van der Waals surface area contributed by atoms with Gasteiger partial charge in [0.2, 0.25) is 11.9 Å². The number of carbonyl (C=O) groups excluding carboxylic acids is 1. The molecule has 5 rings (SSSR count). The van der Waals surface area contributed by atoms with Crippen LogP contribution in [0.4, 0.5) is 11.6 Å². The zero-order valence-corrected chi connectivity index (χ0v) is 21.2. The Kier molecular flexibility index (Phi) is 7.37. The molecule has 0 bridgehead atoms. The molecule has 36 heavy (non-hydrogen) atoms. The molecule has 2 aliphatic heterocycles. The van der Waals surface area contributed by atoms with E-state index in [1.807, 2.05) is 17.3 Å². The highest BCUT2D eigenvalue weighted by Crippen LogP contribution is 2.24. The highest BCUT2D eigenvalue weighted by atomic mass is 32.2. The number of nitrogens with two attached hydrogens (primary N) is 1. The van der Waals surface area contributed by atoms with Crippen LogP contribution in [-0.4, -0.2) is 103 Å². The standard InChI is InChI=1S/C24H34N8O3S/c25-36(34,35)32-13-7-29(8-14-32)6-5-23(33)31-11-9-30(10-12-31)22-17-26-24(27-18-22)28-21-15-19-3-1-2-4-20(19)16-21/h1-4,17-18,21H,5-16H2,(H2,25,34,35)(H,26,27,28). The van der Waals surface area contributed by atoms with E-state index in [1.165, 1.54) is 15.4 Å². The summed E-state index contributed by atoms with van der Waals surface area (Å²) in [6.45, 7) is 5.38. The Morgan fingerprint density at radius 3 is 2.14 bits per heavy atom. The number of hydrogen-bond acceptors (Lipinski definition) is 8. The maximum atomic E-state index is 12.7. The van der Waals surface area contributed by atoms with Crippen molar-refractivity contribution in [2.45, 2.75) is 25.3 Å². The van der Waals surface area contributed by atoms with Gasteiger partial charge < -0.3 is 20.0 Å². The lowest BCUT2D eigenvalue weighted by Crippen LogP contribution is -2.52. The highest BCUT2D eigenvalue weighted by molar-refractivity contribution is 7.86. The molecule has 1 amide bonds. The Morgan fingerprint density at radius 2 is 1.56 bits per heavy atom. The molecule has 0 atom stereocenters. The average Bonchev–Trinajstić information content (AvgIpc) is 3.30. The van der Waals surface area contributed by atoms with Gasteiger partial charge >= 0.3 is 0 Å². The van der Waals surface area contributed by atoms with Crippen molar-refractivity contribution in [3.8, 4) is 0 Å². The number of aromatic nitrogens is 2. The fraction of sp³-hybridized carbons (Fsp3) is 0.542. The molecule has 3 N–H and O–H groups in total. The molecule has 2 aromatic rings. The number of fused-ring (bicyclic) bond motifs is 1. The van der Waals surface area contributed by atoms with Gasteiger partial charge in [0.15, 0.2) is 0 Å². The molecule has 3 aliphatic rings. The van der Waals surface area contributed by atoms with E-state index in [0.29, 0.717) is 64.2 Å². The summed E-state index contributed by atoms with van der Waals surface area (Å²) < 4.78 is 24.1. The smallest absolute Gasteiger partial charge is 0.276 e. The van der Waals surface area contributed by atoms with Crippen molar-refractivity contribution in [1.82, 2.24) is 24.1 Å². The minimum absolute atomic E-state index is 0.136. The summed E-state index contributed by atoms with van der Waals surface area (Å²) in [5.74, 6) is 0.784. The van der Waals surface area contributed by atoms with Crippen LogP contribution in [0.25, 0.3) is 0 Å². The topological polar surface area (TPSA) is 128 Å². The van der Waals surface area contributed by atoms with E-state index in [-0.39, 0.29) is 5.91 Å². The molecule has 12 heteroatoms. The zero-order chi connectivity index (χ0) is 25.1. The lowest BCUT2D eigenvalue weighted by Gasteiger charge is -2.36. The minimum atomic E-state index is -3.63. The second kappa shape index (κ2) is 10.7. The SMILES string of the molecule is NS(=O)(=O)N1CCN(CCC(=O)N2CCN(c3cnc(NC4Cc5ccccc5C4)nc3)CC2)CC1. The quantitative estimate of drug-likeness (QED) is 0.525. The number of carbonyl (C=O) groups is 1. The average molecular weight is 515 g/mol. The predicted octanol–water partition coefficient (Wildman–Crippen LogP) is -0.0843. The number of rotatable bonds is 7. The van der Waals surface area contributed by atoms with E-state index < -0.39 is 10.2 Å². The molecule has 2 saturated heterocycles. The van der Waals surface area contributed by atoms with Crippen molar-refractivity contribution >= 4 is 27.8 Å². The molecular weight excluding hydrogens is 480 g/mol. The van der Waals surface area contributed by atoms with Crippen molar-refractivity contribution in [3.63, 3.8) is 0 Å². The van der Waals surface area contributed by atoms with E-state index in [4.69, 9.17) is 5.14 Å². The van der Waals surface area contributed by atoms with Crippen molar-refractivity contribution in [2.24, 2.45) is 5.14 Å². The normalized spacial score (nSPS) is 19.9. The Hall–Kier alpha value is -2.80. The summed E-state index contributed by atoms with van der Waals surface area (Å²) in [5, 5.41) is 8.64. The van der Waals surface area contributed by atoms with Gasteiger partial charge in [-0.05, 0) is 24.0 Å². The molecule has 2 fully saturated rings. The predicted molar refractivity (Wildman–Crippen MR) is 138 cm³/mol. The third-order valence-corrected chi connectivity index (χ3v) is 8.44. The number of nitrogens with zero attached hydrogens (tertiary/aromatic N) is 6. The molecule has 0 saturated carbocycles. The van der Waals surface area contributed by atoms with Crippen LogP contribution in [0.2, 0.25) is 0 Å². The van der Waals surface area contributed by atoms with E-state index in [9.17, 15) is 13.2 Å². The first kappa shape index (κ1) is 24.9. The molecule has 1 aromatic heterocycles. The van der Waals surface area contributed by atoms with Crippen molar-refractivity contribution < 1.29 is 13.2 Å². The third-order valence-electron chi connectivity index (χ3n) is 7.35. The van der Waals surface area contributed by atoms with Crippen LogP contribution in [0, 0.1) is 0 Å². The minimum Gasteiger partial charge on any atom is -0.365 e. The Morgan fingerprint density at radius 1 is 0.944 bits per heavy atom. The lowest BCUT2D eigenvalue weighted by molar-refractivity contribution is -0.131. The number of anilines is 2. The molecule has 0 radical (unpaired) electrons. The van der Waals surface area contributed by atoms with Crippen molar-refractivity contribution in [1.29, 1.82) is 0 Å². The fourth-order valence-corrected chi connectivity index (χ4v) is 5.91. The third kappa shape index (κ3) is 5.94. The van der Waals surface area contributed by atoms with Crippen LogP contribution in [0.15, 0.2) is 36.7 Å². The van der Waals surface area contributed by atoms with Gasteiger partial charge in [-0.3, -0.25) is 4.79 Å². The second-order valence-corrected chi connectivity index (χ2v) is 11.2. The molecule has 3 heterocycles. The molecule has 11 nitrogen and oxygen atoms in total. The Bertz CT molecular complexity index is 1140. The van der Waals surface area contributed by atoms with Gasteiger partial charge in [-0.2, -0.15) is 12.7 Å². The summed E-state index contributed by atoms with van der Waals surface area (Å²) in [6, 6.07) is 8.86. The van der Waals surface area contributed by atoms with Crippen LogP contribution in [0.1, 0.15) is 17.5 Å². The zero-order valence-electron chi connectivity index (χ0n) is 20.4. The highest BCUT2D eigenvalue weighted by Gasteiger charge is 2.26. The van der Waals surface area contributed by atoms with Gasteiger partial charge in [0.05, 0.1) is 18.1 Å². The van der Waals surface area contributed by atoms with Gasteiger partial charge in [0.1, 0.15) is 0 Å². The Balaban J connectivity index is 1.03. The monoisotopic (exact) mass is 514 g/mol. The van der Waals surface area contributed by atoms with E-state index >= 15 is 0 Å². The maximum absolute atomic E-state index is 12.7. The molecule has 1 aliphatic carbocycles. The summed E-state index contributed by atoms with van der Waals surface area (Å²) >= 11 is 0. The molecular formula is C24H34N8O3S. The number of hydrogen-bond donors (Lipinski definition) is 2. The fourth-order valence-electron chi connectivity index (χ4n) is 5.24. The summed E-state index contributed by atoms with van der Waals surface area (Å²) in [4.78, 5) is 28.0. The maximum Gasteiger partial charge on any atom is 0.276 e. The first-order valence-corrected chi connectivity index (χ1v) is 14.0. The van der Waals surface area contributed by atoms with E-state index in [0.717, 1.165) is 31.6 Å². The van der Waals surface area contributed by atoms with Crippen LogP contribution >= 0.6 is 0 Å². The van der Waals surface area contributed by atoms with Crippen molar-refractivity contribution in [3.05, 3.63) is 47.8 Å². The van der Waals surface area contributed by atoms with Crippen LogP contribution < -0.4 is 15.4 Å². The molecule has 0 unspecified atom stereocenters. The van der Waals surface area contributed by atoms with Gasteiger partial charge in [0, 0.05) is 71.4 Å². The van der Waals surface area contributed by atoms with Gasteiger partial charge in [0.25, 0.3) is 10.2 Å². The number of nitrogens with one attached hydrogen (secondary N) is 1. The molecule has 1 aromatic carbocycles. The van der Waals surface area contributed by atoms with E-state index in [1.54, 1.807) is 0 Å². The Labute approximate surface area is 212 Å². The van der Waals surface area contributed by atoms with Crippen LogP contribution in [0.5, 0.6) is 0 Å². The van der Waals surface area contributed by atoms with Gasteiger partial charge in [-0.25, -0.2) is 15.1 Å². The van der Waals surface area contributed by atoms with Crippen LogP contribution in [-0.2, 0) is 27.8 Å². The largest absolute Gasteiger partial charge is 0.365 e. The van der Waals surface area contributed by atoms with Crippen LogP contribution in [0.3, 0.4) is 0 Å². The van der Waals surface area contributed by atoms with Gasteiger partial charge in [-0.1, -0.05) is 24.3 Å². The summed E-state index contributed by atoms with van der Waals surface area (Å²) in [5.41, 5.74) is 3.75. The number of piperazine rings is 2. The molecule has 194 valence electrons. The van der Waals surface area contributed by atoms with Crippen molar-refractivity contribution in [2.75, 3.05) is 69.1 Å².